The van der Waals surface area contributed by atoms with Gasteiger partial charge < -0.3 is 0 Å². The third-order valence-electron chi connectivity index (χ3n) is 3.92. The lowest BCUT2D eigenvalue weighted by molar-refractivity contribution is -0.660. The summed E-state index contributed by atoms with van der Waals surface area (Å²) in [5, 5.41) is 0. The first-order valence-electron chi connectivity index (χ1n) is 7.27. The molecule has 0 aliphatic carbocycles. The van der Waals surface area contributed by atoms with Crippen molar-refractivity contribution >= 4 is 23.5 Å². The van der Waals surface area contributed by atoms with Gasteiger partial charge in [-0.05, 0) is 36.8 Å². The average molecular weight is 322 g/mol. The van der Waals surface area contributed by atoms with Crippen LogP contribution < -0.4 is 4.57 Å². The first kappa shape index (κ1) is 13.9. The standard InChI is InChI=1S/C19H16NS2/c1-13-10-11-17-19(18(13)14-7-5-6-12-20(14)2)22-16-9-4-3-8-15(16)21-17/h3-12H,1-2H3/q+1. The maximum Gasteiger partial charge on any atom is 0.213 e. The minimum Gasteiger partial charge on any atom is -0.201 e. The van der Waals surface area contributed by atoms with Crippen molar-refractivity contribution in [1.29, 1.82) is 0 Å². The SMILES string of the molecule is Cc1ccc2c(c1-c1cccc[n+]1C)Sc1ccccc1S2. The van der Waals surface area contributed by atoms with Gasteiger partial charge in [0.15, 0.2) is 6.20 Å². The number of hydrogen-bond donors (Lipinski definition) is 0. The second kappa shape index (κ2) is 5.49. The molecule has 3 aromatic rings. The van der Waals surface area contributed by atoms with Gasteiger partial charge >= 0.3 is 0 Å². The summed E-state index contributed by atoms with van der Waals surface area (Å²) in [6.07, 6.45) is 2.11. The molecule has 0 unspecified atom stereocenters. The molecule has 2 aromatic carbocycles. The summed E-state index contributed by atoms with van der Waals surface area (Å²) in [6.45, 7) is 2.20. The van der Waals surface area contributed by atoms with Gasteiger partial charge in [-0.2, -0.15) is 0 Å². The lowest BCUT2D eigenvalue weighted by Crippen LogP contribution is -2.30. The normalized spacial score (nSPS) is 12.6. The Balaban J connectivity index is 1.94. The molecule has 0 N–H and O–H groups in total. The first-order valence-corrected chi connectivity index (χ1v) is 8.91. The Bertz CT molecular complexity index is 871. The van der Waals surface area contributed by atoms with E-state index in [4.69, 9.17) is 0 Å². The van der Waals surface area contributed by atoms with Crippen LogP contribution in [0.4, 0.5) is 0 Å². The van der Waals surface area contributed by atoms with E-state index in [1.54, 1.807) is 0 Å². The van der Waals surface area contributed by atoms with Gasteiger partial charge in [0, 0.05) is 31.7 Å². The smallest absolute Gasteiger partial charge is 0.201 e. The lowest BCUT2D eigenvalue weighted by Gasteiger charge is -2.21. The summed E-state index contributed by atoms with van der Waals surface area (Å²) in [7, 11) is 2.11. The highest BCUT2D eigenvalue weighted by atomic mass is 32.2. The van der Waals surface area contributed by atoms with Crippen molar-refractivity contribution < 1.29 is 4.57 Å². The monoisotopic (exact) mass is 322 g/mol. The fourth-order valence-electron chi connectivity index (χ4n) is 2.79. The number of benzene rings is 2. The molecular formula is C19H16NS2+. The number of nitrogens with zero attached hydrogens (tertiary/aromatic N) is 1. The molecule has 0 atom stereocenters. The fourth-order valence-corrected chi connectivity index (χ4v) is 5.25. The van der Waals surface area contributed by atoms with E-state index in [-0.39, 0.29) is 0 Å². The van der Waals surface area contributed by atoms with Gasteiger partial charge in [0.25, 0.3) is 0 Å². The highest BCUT2D eigenvalue weighted by molar-refractivity contribution is 8.05. The van der Waals surface area contributed by atoms with Crippen molar-refractivity contribution in [2.45, 2.75) is 26.5 Å². The van der Waals surface area contributed by atoms with Crippen LogP contribution in [0.5, 0.6) is 0 Å². The van der Waals surface area contributed by atoms with Crippen LogP contribution in [0.25, 0.3) is 11.3 Å². The van der Waals surface area contributed by atoms with Crippen molar-refractivity contribution in [3.05, 3.63) is 66.4 Å². The molecule has 0 bridgehead atoms. The highest BCUT2D eigenvalue weighted by Crippen LogP contribution is 2.51. The molecule has 2 heterocycles. The Morgan fingerprint density at radius 3 is 2.27 bits per heavy atom. The molecule has 0 radical (unpaired) electrons. The van der Waals surface area contributed by atoms with E-state index in [0.29, 0.717) is 0 Å². The Labute approximate surface area is 139 Å². The van der Waals surface area contributed by atoms with Gasteiger partial charge in [-0.1, -0.05) is 41.7 Å². The topological polar surface area (TPSA) is 3.88 Å². The molecule has 1 nitrogen and oxygen atoms in total. The van der Waals surface area contributed by atoms with Crippen LogP contribution in [0.3, 0.4) is 0 Å². The van der Waals surface area contributed by atoms with Crippen LogP contribution in [0.15, 0.2) is 80.4 Å². The third kappa shape index (κ3) is 2.25. The van der Waals surface area contributed by atoms with Gasteiger partial charge in [-0.25, -0.2) is 4.57 Å². The summed E-state index contributed by atoms with van der Waals surface area (Å²) < 4.78 is 2.20. The largest absolute Gasteiger partial charge is 0.213 e. The van der Waals surface area contributed by atoms with E-state index < -0.39 is 0 Å². The van der Waals surface area contributed by atoms with Gasteiger partial charge in [-0.15, -0.1) is 0 Å². The Morgan fingerprint density at radius 2 is 1.50 bits per heavy atom. The Hall–Kier alpha value is -1.71. The van der Waals surface area contributed by atoms with Crippen LogP contribution in [0.1, 0.15) is 5.56 Å². The predicted molar refractivity (Wildman–Crippen MR) is 92.5 cm³/mol. The van der Waals surface area contributed by atoms with Gasteiger partial charge in [0.2, 0.25) is 5.69 Å². The van der Waals surface area contributed by atoms with Gasteiger partial charge in [-0.3, -0.25) is 0 Å². The number of pyridine rings is 1. The molecule has 1 aliphatic heterocycles. The van der Waals surface area contributed by atoms with Crippen molar-refractivity contribution in [2.75, 3.05) is 0 Å². The zero-order valence-corrected chi connectivity index (χ0v) is 14.2. The second-order valence-corrected chi connectivity index (χ2v) is 7.57. The summed E-state index contributed by atoms with van der Waals surface area (Å²) in [5.74, 6) is 0. The average Bonchev–Trinajstić information content (AvgIpc) is 2.54. The molecule has 3 heteroatoms. The Morgan fingerprint density at radius 1 is 0.773 bits per heavy atom. The summed E-state index contributed by atoms with van der Waals surface area (Å²) in [5.41, 5.74) is 3.95. The maximum atomic E-state index is 2.25. The highest BCUT2D eigenvalue weighted by Gasteiger charge is 2.24. The number of fused-ring (bicyclic) bond motifs is 2. The summed E-state index contributed by atoms with van der Waals surface area (Å²) in [6, 6.07) is 19.5. The molecule has 0 amide bonds. The second-order valence-electron chi connectivity index (χ2n) is 5.43. The summed E-state index contributed by atoms with van der Waals surface area (Å²) >= 11 is 3.77. The number of aryl methyl sites for hydroxylation is 2. The molecular weight excluding hydrogens is 306 g/mol. The predicted octanol–water partition coefficient (Wildman–Crippen LogP) is 5.10. The molecule has 0 spiro atoms. The maximum absolute atomic E-state index is 2.25. The van der Waals surface area contributed by atoms with E-state index >= 15 is 0 Å². The summed E-state index contributed by atoms with van der Waals surface area (Å²) in [4.78, 5) is 5.44. The van der Waals surface area contributed by atoms with Crippen LogP contribution in [0.2, 0.25) is 0 Å². The van der Waals surface area contributed by atoms with Crippen LogP contribution in [-0.4, -0.2) is 0 Å². The lowest BCUT2D eigenvalue weighted by atomic mass is 10.0. The minimum absolute atomic E-state index is 1.27. The van der Waals surface area contributed by atoms with Crippen LogP contribution >= 0.6 is 23.5 Å². The van der Waals surface area contributed by atoms with Crippen molar-refractivity contribution in [2.24, 2.45) is 7.05 Å². The first-order chi connectivity index (χ1) is 10.7. The minimum atomic E-state index is 1.27. The Kier molecular flexibility index (Phi) is 3.47. The molecule has 0 saturated heterocycles. The number of hydrogen-bond acceptors (Lipinski definition) is 2. The zero-order valence-electron chi connectivity index (χ0n) is 12.5. The van der Waals surface area contributed by atoms with Crippen molar-refractivity contribution in [3.63, 3.8) is 0 Å². The van der Waals surface area contributed by atoms with E-state index in [1.807, 2.05) is 23.5 Å². The quantitative estimate of drug-likeness (QED) is 0.449. The van der Waals surface area contributed by atoms with Crippen LogP contribution in [0, 0.1) is 6.92 Å². The van der Waals surface area contributed by atoms with Crippen LogP contribution in [-0.2, 0) is 7.05 Å². The van der Waals surface area contributed by atoms with E-state index in [9.17, 15) is 0 Å². The molecule has 108 valence electrons. The number of aromatic nitrogens is 1. The fraction of sp³-hybridized carbons (Fsp3) is 0.105. The van der Waals surface area contributed by atoms with Crippen molar-refractivity contribution in [1.82, 2.24) is 0 Å². The molecule has 1 aromatic heterocycles. The van der Waals surface area contributed by atoms with Gasteiger partial charge in [0.05, 0.1) is 5.56 Å². The molecule has 22 heavy (non-hydrogen) atoms. The number of rotatable bonds is 1. The molecule has 0 fully saturated rings. The zero-order chi connectivity index (χ0) is 15.1. The molecule has 1 aliphatic rings. The third-order valence-corrected chi connectivity index (χ3v) is 6.52. The van der Waals surface area contributed by atoms with E-state index in [2.05, 4.69) is 79.3 Å². The van der Waals surface area contributed by atoms with E-state index in [1.165, 1.54) is 36.4 Å². The van der Waals surface area contributed by atoms with Crippen molar-refractivity contribution in [3.8, 4) is 11.3 Å². The van der Waals surface area contributed by atoms with E-state index in [0.717, 1.165) is 0 Å². The molecule has 4 rings (SSSR count). The van der Waals surface area contributed by atoms with Gasteiger partial charge in [0.1, 0.15) is 7.05 Å². The molecule has 0 saturated carbocycles.